The van der Waals surface area contributed by atoms with Gasteiger partial charge in [-0.3, -0.25) is 4.90 Å². The maximum absolute atomic E-state index is 11.2. The number of rotatable bonds is 7. The summed E-state index contributed by atoms with van der Waals surface area (Å²) < 4.78 is 6.20. The van der Waals surface area contributed by atoms with Crippen molar-refractivity contribution in [3.8, 4) is 11.9 Å². The number of anilines is 1. The van der Waals surface area contributed by atoms with Crippen LogP contribution in [0.2, 0.25) is 0 Å². The third-order valence-corrected chi connectivity index (χ3v) is 7.35. The second-order valence-corrected chi connectivity index (χ2v) is 9.77. The molecule has 1 aromatic heterocycles. The summed E-state index contributed by atoms with van der Waals surface area (Å²) in [5.41, 5.74) is 4.42. The average molecular weight is 477 g/mol. The number of benzene rings is 1. The summed E-state index contributed by atoms with van der Waals surface area (Å²) in [6.07, 6.45) is 2.08. The Bertz CT molecular complexity index is 1110. The first-order valence-electron chi connectivity index (χ1n) is 12.3. The Morgan fingerprint density at radius 2 is 2.09 bits per heavy atom. The van der Waals surface area contributed by atoms with Gasteiger partial charge >= 0.3 is 6.09 Å². The lowest BCUT2D eigenvalue weighted by atomic mass is 9.97. The molecule has 0 saturated carbocycles. The summed E-state index contributed by atoms with van der Waals surface area (Å²) in [7, 11) is 2.10. The van der Waals surface area contributed by atoms with Crippen LogP contribution >= 0.6 is 0 Å². The molecule has 5 rings (SSSR count). The Balaban J connectivity index is 1.41. The Labute approximate surface area is 205 Å². The number of amides is 1. The number of aromatic nitrogens is 1. The van der Waals surface area contributed by atoms with E-state index in [4.69, 9.17) is 9.72 Å². The van der Waals surface area contributed by atoms with Crippen LogP contribution in [-0.4, -0.2) is 82.8 Å². The molecular formula is C26H32N6O3. The first kappa shape index (κ1) is 23.4. The van der Waals surface area contributed by atoms with Gasteiger partial charge in [-0.2, -0.15) is 5.26 Å². The van der Waals surface area contributed by atoms with E-state index in [0.29, 0.717) is 43.7 Å². The topological polar surface area (TPSA) is 105 Å². The van der Waals surface area contributed by atoms with Crippen LogP contribution in [0.3, 0.4) is 0 Å². The number of nitrogens with zero attached hydrogens (tertiary/aromatic N) is 5. The Morgan fingerprint density at radius 1 is 1.29 bits per heavy atom. The predicted octanol–water partition coefficient (Wildman–Crippen LogP) is 2.76. The van der Waals surface area contributed by atoms with Crippen molar-refractivity contribution in [1.29, 1.82) is 5.26 Å². The number of likely N-dealkylation sites (N-methyl/N-ethyl adjacent to an activating group) is 1. The van der Waals surface area contributed by atoms with Crippen molar-refractivity contribution in [2.75, 3.05) is 45.2 Å². The number of nitriles is 1. The van der Waals surface area contributed by atoms with Gasteiger partial charge in [0.25, 0.3) is 0 Å². The summed E-state index contributed by atoms with van der Waals surface area (Å²) in [5.74, 6) is 0.380. The van der Waals surface area contributed by atoms with Crippen molar-refractivity contribution in [2.24, 2.45) is 0 Å². The van der Waals surface area contributed by atoms with Crippen LogP contribution in [0, 0.1) is 11.3 Å². The Morgan fingerprint density at radius 3 is 2.77 bits per heavy atom. The number of pyridine rings is 1. The zero-order valence-corrected chi connectivity index (χ0v) is 20.1. The fourth-order valence-electron chi connectivity index (χ4n) is 5.25. The van der Waals surface area contributed by atoms with Gasteiger partial charge in [0.1, 0.15) is 18.2 Å². The number of carboxylic acid groups (broad SMARTS) is 1. The van der Waals surface area contributed by atoms with E-state index in [0.717, 1.165) is 55.8 Å². The number of likely N-dealkylation sites (tertiary alicyclic amines) is 2. The second-order valence-electron chi connectivity index (χ2n) is 9.77. The zero-order valence-electron chi connectivity index (χ0n) is 20.1. The van der Waals surface area contributed by atoms with Gasteiger partial charge in [-0.05, 0) is 38.4 Å². The van der Waals surface area contributed by atoms with E-state index in [-0.39, 0.29) is 6.04 Å². The van der Waals surface area contributed by atoms with Crippen LogP contribution in [0.4, 0.5) is 10.5 Å². The van der Waals surface area contributed by atoms with Crippen LogP contribution in [0.15, 0.2) is 30.3 Å². The number of ether oxygens (including phenoxy) is 1. The van der Waals surface area contributed by atoms with E-state index in [1.165, 1.54) is 10.5 Å². The average Bonchev–Trinajstić information content (AvgIpc) is 3.24. The van der Waals surface area contributed by atoms with Crippen molar-refractivity contribution >= 4 is 11.8 Å². The minimum atomic E-state index is -0.915. The molecule has 1 atom stereocenters. The molecule has 2 aromatic rings. The molecule has 9 heteroatoms. The molecule has 0 unspecified atom stereocenters. The second kappa shape index (κ2) is 10.1. The van der Waals surface area contributed by atoms with Crippen molar-refractivity contribution in [2.45, 2.75) is 44.4 Å². The summed E-state index contributed by atoms with van der Waals surface area (Å²) in [5, 5.41) is 22.8. The molecule has 1 amide bonds. The van der Waals surface area contributed by atoms with Gasteiger partial charge < -0.3 is 25.0 Å². The molecule has 184 valence electrons. The van der Waals surface area contributed by atoms with Gasteiger partial charge in [0.15, 0.2) is 0 Å². The van der Waals surface area contributed by atoms with E-state index in [1.807, 2.05) is 6.07 Å². The van der Waals surface area contributed by atoms with Crippen molar-refractivity contribution in [3.05, 3.63) is 52.7 Å². The highest BCUT2D eigenvalue weighted by atomic mass is 16.5. The molecule has 0 spiro atoms. The summed E-state index contributed by atoms with van der Waals surface area (Å²) in [6, 6.07) is 13.0. The number of hydrogen-bond acceptors (Lipinski definition) is 7. The van der Waals surface area contributed by atoms with Crippen LogP contribution in [0.1, 0.15) is 35.2 Å². The number of hydrogen-bond donors (Lipinski definition) is 2. The van der Waals surface area contributed by atoms with E-state index in [2.05, 4.69) is 52.5 Å². The van der Waals surface area contributed by atoms with Crippen LogP contribution in [-0.2, 0) is 19.5 Å². The van der Waals surface area contributed by atoms with E-state index in [9.17, 15) is 15.2 Å². The predicted molar refractivity (Wildman–Crippen MR) is 131 cm³/mol. The van der Waals surface area contributed by atoms with Crippen molar-refractivity contribution in [1.82, 2.24) is 19.7 Å². The lowest BCUT2D eigenvalue weighted by Gasteiger charge is -2.39. The highest BCUT2D eigenvalue weighted by molar-refractivity contribution is 5.70. The van der Waals surface area contributed by atoms with E-state index in [1.54, 1.807) is 0 Å². The van der Waals surface area contributed by atoms with Gasteiger partial charge in [-0.1, -0.05) is 30.3 Å². The molecular weight excluding hydrogens is 444 g/mol. The highest BCUT2D eigenvalue weighted by Gasteiger charge is 2.34. The normalized spacial score (nSPS) is 20.7. The fourth-order valence-corrected chi connectivity index (χ4v) is 5.25. The minimum Gasteiger partial charge on any atom is -0.475 e. The minimum absolute atomic E-state index is 0.0270. The van der Waals surface area contributed by atoms with Gasteiger partial charge in [-0.15, -0.1) is 0 Å². The third-order valence-electron chi connectivity index (χ3n) is 7.35. The van der Waals surface area contributed by atoms with Crippen molar-refractivity contribution < 1.29 is 14.6 Å². The summed E-state index contributed by atoms with van der Waals surface area (Å²) in [4.78, 5) is 22.1. The summed E-state index contributed by atoms with van der Waals surface area (Å²) >= 11 is 0. The SMILES string of the molecule is CN1CCC[C@H]1COc1nc2c(c(NC3CN(C(=O)O)C3)c1C#N)CCN(Cc1ccccc1)C2. The zero-order chi connectivity index (χ0) is 24.4. The quantitative estimate of drug-likeness (QED) is 0.629. The van der Waals surface area contributed by atoms with Crippen LogP contribution in [0.5, 0.6) is 5.88 Å². The molecule has 3 aliphatic rings. The Hall–Kier alpha value is -3.35. The molecule has 4 heterocycles. The number of fused-ring (bicyclic) bond motifs is 1. The van der Waals surface area contributed by atoms with Crippen molar-refractivity contribution in [3.63, 3.8) is 0 Å². The molecule has 1 aromatic carbocycles. The van der Waals surface area contributed by atoms with E-state index >= 15 is 0 Å². The lowest BCUT2D eigenvalue weighted by molar-refractivity contribution is 0.111. The monoisotopic (exact) mass is 476 g/mol. The van der Waals surface area contributed by atoms with Gasteiger partial charge in [0, 0.05) is 44.3 Å². The van der Waals surface area contributed by atoms with Crippen LogP contribution < -0.4 is 10.1 Å². The highest BCUT2D eigenvalue weighted by Crippen LogP contribution is 2.35. The van der Waals surface area contributed by atoms with E-state index < -0.39 is 6.09 Å². The fraction of sp³-hybridized carbons (Fsp3) is 0.500. The molecule has 0 aliphatic carbocycles. The first-order valence-corrected chi connectivity index (χ1v) is 12.3. The van der Waals surface area contributed by atoms with Gasteiger partial charge in [-0.25, -0.2) is 9.78 Å². The molecule has 2 fully saturated rings. The molecule has 2 N–H and O–H groups in total. The maximum atomic E-state index is 11.2. The Kier molecular flexibility index (Phi) is 6.75. The molecule has 35 heavy (non-hydrogen) atoms. The van der Waals surface area contributed by atoms with Gasteiger partial charge in [0.05, 0.1) is 17.4 Å². The molecule has 0 radical (unpaired) electrons. The molecule has 2 saturated heterocycles. The number of carbonyl (C=O) groups is 1. The van der Waals surface area contributed by atoms with Crippen LogP contribution in [0.25, 0.3) is 0 Å². The van der Waals surface area contributed by atoms with Gasteiger partial charge in [0.2, 0.25) is 5.88 Å². The molecule has 9 nitrogen and oxygen atoms in total. The number of nitrogens with one attached hydrogen (secondary N) is 1. The molecule has 3 aliphatic heterocycles. The molecule has 0 bridgehead atoms. The smallest absolute Gasteiger partial charge is 0.407 e. The lowest BCUT2D eigenvalue weighted by Crippen LogP contribution is -2.56. The largest absolute Gasteiger partial charge is 0.475 e. The maximum Gasteiger partial charge on any atom is 0.407 e. The first-order chi connectivity index (χ1) is 17.0. The third kappa shape index (κ3) is 5.04. The standard InChI is InChI=1S/C26H32N6O3/c1-30-10-5-8-20(30)17-35-25-22(12-27)24(28-19-14-32(15-19)26(33)34)21-9-11-31(16-23(21)29-25)13-18-6-3-2-4-7-18/h2-4,6-7,19-20H,5,8-11,13-17H2,1H3,(H,28,29)(H,33,34)/t20-/m0/s1. The summed E-state index contributed by atoms with van der Waals surface area (Å²) in [6.45, 7) is 4.74.